The number of rotatable bonds is 5. The molecule has 3 amide bonds. The van der Waals surface area contributed by atoms with Gasteiger partial charge >= 0.3 is 0 Å². The van der Waals surface area contributed by atoms with Crippen LogP contribution in [-0.4, -0.2) is 27.9 Å². The molecule has 0 fully saturated rings. The van der Waals surface area contributed by atoms with Crippen molar-refractivity contribution in [3.05, 3.63) is 83.7 Å². The molecule has 0 spiro atoms. The molecular weight excluding hydrogens is 370 g/mol. The van der Waals surface area contributed by atoms with Crippen LogP contribution >= 0.6 is 0 Å². The maximum Gasteiger partial charge on any atom is 0.287 e. The van der Waals surface area contributed by atoms with Gasteiger partial charge in [-0.3, -0.25) is 30.3 Å². The summed E-state index contributed by atoms with van der Waals surface area (Å²) in [4.78, 5) is 36.1. The van der Waals surface area contributed by atoms with E-state index in [9.17, 15) is 14.4 Å². The lowest BCUT2D eigenvalue weighted by Crippen LogP contribution is -2.45. The first-order valence-electron chi connectivity index (χ1n) is 8.79. The highest BCUT2D eigenvalue weighted by molar-refractivity contribution is 6.02. The van der Waals surface area contributed by atoms with Gasteiger partial charge in [0.2, 0.25) is 5.91 Å². The van der Waals surface area contributed by atoms with Gasteiger partial charge in [0, 0.05) is 12.5 Å². The summed E-state index contributed by atoms with van der Waals surface area (Å²) in [6, 6.07) is 19.9. The number of nitrogens with zero attached hydrogens (tertiary/aromatic N) is 1. The van der Waals surface area contributed by atoms with E-state index in [1.54, 1.807) is 30.3 Å². The Morgan fingerprint density at radius 1 is 0.931 bits per heavy atom. The number of hydrazine groups is 1. The number of hydrogen-bond acceptors (Lipinski definition) is 4. The van der Waals surface area contributed by atoms with Crippen molar-refractivity contribution in [3.8, 4) is 11.3 Å². The number of hydrogen-bond donors (Lipinski definition) is 4. The number of H-pyrrole nitrogens is 1. The molecule has 8 nitrogen and oxygen atoms in total. The molecule has 3 aromatic rings. The topological polar surface area (TPSA) is 116 Å². The molecule has 4 N–H and O–H groups in total. The molecule has 0 aliphatic heterocycles. The molecule has 0 atom stereocenters. The monoisotopic (exact) mass is 389 g/mol. The van der Waals surface area contributed by atoms with Crippen molar-refractivity contribution in [2.45, 2.75) is 6.92 Å². The lowest BCUT2D eigenvalue weighted by Gasteiger charge is -2.10. The van der Waals surface area contributed by atoms with E-state index in [-0.39, 0.29) is 11.4 Å². The van der Waals surface area contributed by atoms with Crippen LogP contribution in [0.2, 0.25) is 0 Å². The summed E-state index contributed by atoms with van der Waals surface area (Å²) in [5, 5.41) is 9.19. The van der Waals surface area contributed by atoms with Crippen molar-refractivity contribution in [2.24, 2.45) is 0 Å². The van der Waals surface area contributed by atoms with Crippen LogP contribution in [0.5, 0.6) is 0 Å². The van der Waals surface area contributed by atoms with Crippen LogP contribution in [0.4, 0.5) is 0 Å². The van der Waals surface area contributed by atoms with Gasteiger partial charge < -0.3 is 5.32 Å². The van der Waals surface area contributed by atoms with Gasteiger partial charge in [-0.2, -0.15) is 5.10 Å². The van der Waals surface area contributed by atoms with Gasteiger partial charge in [0.1, 0.15) is 11.4 Å². The zero-order valence-corrected chi connectivity index (χ0v) is 15.6. The molecule has 146 valence electrons. The van der Waals surface area contributed by atoms with Crippen LogP contribution in [0.1, 0.15) is 23.0 Å². The molecule has 1 aromatic heterocycles. The van der Waals surface area contributed by atoms with E-state index in [4.69, 9.17) is 0 Å². The number of carbonyl (C=O) groups is 3. The molecular formula is C21H19N5O3. The Bertz CT molecular complexity index is 1040. The number of nitrogens with one attached hydrogen (secondary N) is 4. The second-order valence-corrected chi connectivity index (χ2v) is 6.09. The molecule has 0 saturated heterocycles. The van der Waals surface area contributed by atoms with Crippen LogP contribution in [0.15, 0.2) is 72.4 Å². The zero-order chi connectivity index (χ0) is 20.6. The summed E-state index contributed by atoms with van der Waals surface area (Å²) in [5.74, 6) is -1.65. The Kier molecular flexibility index (Phi) is 6.16. The third-order valence-corrected chi connectivity index (χ3v) is 3.85. The Morgan fingerprint density at radius 2 is 1.59 bits per heavy atom. The van der Waals surface area contributed by atoms with Gasteiger partial charge in [-0.05, 0) is 17.7 Å². The highest BCUT2D eigenvalue weighted by atomic mass is 16.2. The first kappa shape index (κ1) is 19.6. The van der Waals surface area contributed by atoms with Crippen LogP contribution in [0.25, 0.3) is 17.3 Å². The highest BCUT2D eigenvalue weighted by Gasteiger charge is 2.15. The van der Waals surface area contributed by atoms with Gasteiger partial charge in [0.15, 0.2) is 0 Å². The summed E-state index contributed by atoms with van der Waals surface area (Å²) >= 11 is 0. The van der Waals surface area contributed by atoms with Gasteiger partial charge in [0.25, 0.3) is 11.8 Å². The average molecular weight is 389 g/mol. The first-order valence-corrected chi connectivity index (χ1v) is 8.79. The number of aromatic amines is 1. The molecule has 0 unspecified atom stereocenters. The molecule has 0 aliphatic carbocycles. The van der Waals surface area contributed by atoms with E-state index in [0.717, 1.165) is 11.1 Å². The maximum atomic E-state index is 12.4. The quantitative estimate of drug-likeness (QED) is 0.395. The van der Waals surface area contributed by atoms with Crippen molar-refractivity contribution < 1.29 is 14.4 Å². The Morgan fingerprint density at radius 3 is 2.24 bits per heavy atom. The summed E-state index contributed by atoms with van der Waals surface area (Å²) in [6.45, 7) is 1.29. The minimum atomic E-state index is -0.666. The molecule has 0 radical (unpaired) electrons. The lowest BCUT2D eigenvalue weighted by molar-refractivity contribution is -0.122. The summed E-state index contributed by atoms with van der Waals surface area (Å²) in [6.07, 6.45) is 1.51. The molecule has 1 heterocycles. The van der Waals surface area contributed by atoms with E-state index in [1.807, 2.05) is 36.4 Å². The first-order chi connectivity index (χ1) is 14.0. The van der Waals surface area contributed by atoms with Crippen LogP contribution in [0.3, 0.4) is 0 Å². The van der Waals surface area contributed by atoms with Crippen molar-refractivity contribution in [1.29, 1.82) is 0 Å². The molecule has 0 aliphatic rings. The second kappa shape index (κ2) is 9.14. The number of aromatic nitrogens is 2. The van der Waals surface area contributed by atoms with E-state index in [0.29, 0.717) is 5.69 Å². The normalized spacial score (nSPS) is 10.9. The van der Waals surface area contributed by atoms with E-state index in [2.05, 4.69) is 26.4 Å². The Balaban J connectivity index is 1.66. The van der Waals surface area contributed by atoms with Crippen LogP contribution in [-0.2, 0) is 9.59 Å². The molecule has 29 heavy (non-hydrogen) atoms. The molecule has 2 aromatic carbocycles. The fourth-order valence-electron chi connectivity index (χ4n) is 2.51. The summed E-state index contributed by atoms with van der Waals surface area (Å²) in [7, 11) is 0. The Hall–Kier alpha value is -4.20. The van der Waals surface area contributed by atoms with Crippen LogP contribution < -0.4 is 16.2 Å². The summed E-state index contributed by atoms with van der Waals surface area (Å²) in [5.41, 5.74) is 6.94. The minimum absolute atomic E-state index is 0.00131. The molecule has 8 heteroatoms. The van der Waals surface area contributed by atoms with Gasteiger partial charge in [-0.1, -0.05) is 60.7 Å². The molecule has 0 saturated carbocycles. The lowest BCUT2D eigenvalue weighted by atomic mass is 10.1. The SMILES string of the molecule is CC(=O)N/C(=C/c1ccccc1)C(=O)NNC(=O)c1cc(-c2ccccc2)n[nH]1. The van der Waals surface area contributed by atoms with Gasteiger partial charge in [0.05, 0.1) is 5.69 Å². The maximum absolute atomic E-state index is 12.4. The summed E-state index contributed by atoms with van der Waals surface area (Å²) < 4.78 is 0. The van der Waals surface area contributed by atoms with Gasteiger partial charge in [-0.15, -0.1) is 0 Å². The second-order valence-electron chi connectivity index (χ2n) is 6.09. The smallest absolute Gasteiger partial charge is 0.287 e. The fraction of sp³-hybridized carbons (Fsp3) is 0.0476. The average Bonchev–Trinajstić information content (AvgIpc) is 3.23. The van der Waals surface area contributed by atoms with E-state index < -0.39 is 17.7 Å². The number of amides is 3. The fourth-order valence-corrected chi connectivity index (χ4v) is 2.51. The Labute approximate surface area is 167 Å². The zero-order valence-electron chi connectivity index (χ0n) is 15.6. The highest BCUT2D eigenvalue weighted by Crippen LogP contribution is 2.16. The van der Waals surface area contributed by atoms with Gasteiger partial charge in [-0.25, -0.2) is 0 Å². The van der Waals surface area contributed by atoms with E-state index in [1.165, 1.54) is 13.0 Å². The van der Waals surface area contributed by atoms with Crippen LogP contribution in [0, 0.1) is 0 Å². The van der Waals surface area contributed by atoms with E-state index >= 15 is 0 Å². The largest absolute Gasteiger partial charge is 0.322 e. The minimum Gasteiger partial charge on any atom is -0.322 e. The van der Waals surface area contributed by atoms with Crippen molar-refractivity contribution in [2.75, 3.05) is 0 Å². The molecule has 0 bridgehead atoms. The predicted octanol–water partition coefficient (Wildman–Crippen LogP) is 2.01. The van der Waals surface area contributed by atoms with Crippen molar-refractivity contribution >= 4 is 23.8 Å². The standard InChI is InChI=1S/C21H19N5O3/c1-14(27)22-18(12-15-8-4-2-5-9-15)20(28)25-26-21(29)19-13-17(23-24-19)16-10-6-3-7-11-16/h2-13H,1H3,(H,22,27)(H,23,24)(H,25,28)(H,26,29)/b18-12+. The van der Waals surface area contributed by atoms with Crippen molar-refractivity contribution in [1.82, 2.24) is 26.4 Å². The third-order valence-electron chi connectivity index (χ3n) is 3.85. The third kappa shape index (κ3) is 5.39. The predicted molar refractivity (Wildman–Crippen MR) is 108 cm³/mol. The number of carbonyl (C=O) groups excluding carboxylic acids is 3. The molecule has 3 rings (SSSR count). The van der Waals surface area contributed by atoms with Crippen molar-refractivity contribution in [3.63, 3.8) is 0 Å². The number of benzene rings is 2.